The Labute approximate surface area is 207 Å². The van der Waals surface area contributed by atoms with Gasteiger partial charge < -0.3 is 49.1 Å². The lowest BCUT2D eigenvalue weighted by Crippen LogP contribution is -2.58. The van der Waals surface area contributed by atoms with Crippen LogP contribution in [0.5, 0.6) is 0 Å². The number of primary amides is 1. The van der Waals surface area contributed by atoms with Crippen LogP contribution in [-0.4, -0.2) is 82.5 Å². The predicted octanol–water partition coefficient (Wildman–Crippen LogP) is -3.70. The third-order valence-electron chi connectivity index (χ3n) is 4.68. The average molecular weight is 517 g/mol. The number of carboxylic acid groups (broad SMARTS) is 2. The molecule has 0 rings (SSSR count). The van der Waals surface area contributed by atoms with Gasteiger partial charge >= 0.3 is 11.9 Å². The van der Waals surface area contributed by atoms with Gasteiger partial charge in [0.25, 0.3) is 0 Å². The summed E-state index contributed by atoms with van der Waals surface area (Å²) in [7, 11) is 0. The summed E-state index contributed by atoms with van der Waals surface area (Å²) < 4.78 is 0. The molecular formula is C20H36N8O8. The summed E-state index contributed by atoms with van der Waals surface area (Å²) in [4.78, 5) is 75.4. The highest BCUT2D eigenvalue weighted by molar-refractivity contribution is 5.96. The number of hydrogen-bond acceptors (Lipinski definition) is 8. The highest BCUT2D eigenvalue weighted by Gasteiger charge is 2.32. The summed E-state index contributed by atoms with van der Waals surface area (Å²) in [6, 6.07) is -5.58. The van der Waals surface area contributed by atoms with Crippen molar-refractivity contribution in [2.45, 2.75) is 70.1 Å². The number of nitrogens with two attached hydrogens (primary N) is 4. The molecule has 4 amide bonds. The van der Waals surface area contributed by atoms with Crippen molar-refractivity contribution in [1.29, 1.82) is 0 Å². The van der Waals surface area contributed by atoms with E-state index in [2.05, 4.69) is 20.9 Å². The van der Waals surface area contributed by atoms with Crippen LogP contribution in [0.1, 0.15) is 46.0 Å². The summed E-state index contributed by atoms with van der Waals surface area (Å²) in [6.45, 7) is 3.67. The van der Waals surface area contributed by atoms with E-state index in [1.54, 1.807) is 13.8 Å². The number of carbonyl (C=O) groups excluding carboxylic acids is 4. The molecule has 16 heteroatoms. The Morgan fingerprint density at radius 1 is 0.806 bits per heavy atom. The van der Waals surface area contributed by atoms with Crippen LogP contribution >= 0.6 is 0 Å². The smallest absolute Gasteiger partial charge is 0.326 e. The van der Waals surface area contributed by atoms with E-state index < -0.39 is 72.6 Å². The van der Waals surface area contributed by atoms with Gasteiger partial charge in [-0.3, -0.25) is 29.0 Å². The molecule has 0 saturated heterocycles. The van der Waals surface area contributed by atoms with Crippen LogP contribution in [0, 0.1) is 5.92 Å². The number of rotatable bonds is 17. The minimum atomic E-state index is -1.74. The second kappa shape index (κ2) is 15.9. The first-order valence-electron chi connectivity index (χ1n) is 11.1. The lowest BCUT2D eigenvalue weighted by molar-refractivity contribution is -0.147. The molecule has 0 aliphatic rings. The van der Waals surface area contributed by atoms with Gasteiger partial charge in [-0.15, -0.1) is 0 Å². The molecule has 4 unspecified atom stereocenters. The second-order valence-electron chi connectivity index (χ2n) is 8.47. The fourth-order valence-electron chi connectivity index (χ4n) is 2.96. The molecule has 4 atom stereocenters. The Hall–Kier alpha value is -3.95. The van der Waals surface area contributed by atoms with E-state index >= 15 is 0 Å². The monoisotopic (exact) mass is 516 g/mol. The molecule has 0 aromatic carbocycles. The summed E-state index contributed by atoms with van der Waals surface area (Å²) in [6.07, 6.45) is -0.933. The van der Waals surface area contributed by atoms with Gasteiger partial charge in [0.15, 0.2) is 5.96 Å². The SMILES string of the molecule is CC(C)CC(NC(=O)C(CC(N)=O)NC(=O)C(N)CCCN=C(N)N)C(=O)NC(CC(=O)O)C(=O)O. The van der Waals surface area contributed by atoms with E-state index in [-0.39, 0.29) is 31.3 Å². The largest absolute Gasteiger partial charge is 0.481 e. The normalized spacial score (nSPS) is 14.0. The van der Waals surface area contributed by atoms with Gasteiger partial charge in [0.2, 0.25) is 23.6 Å². The van der Waals surface area contributed by atoms with Crippen LogP contribution in [0.3, 0.4) is 0 Å². The number of aliphatic carboxylic acids is 2. The molecule has 204 valence electrons. The highest BCUT2D eigenvalue weighted by Crippen LogP contribution is 2.08. The quantitative estimate of drug-likeness (QED) is 0.0514. The summed E-state index contributed by atoms with van der Waals surface area (Å²) in [5.74, 6) is -6.89. The average Bonchev–Trinajstić information content (AvgIpc) is 2.73. The van der Waals surface area contributed by atoms with Gasteiger partial charge in [0, 0.05) is 6.54 Å². The maximum absolute atomic E-state index is 12.9. The van der Waals surface area contributed by atoms with Crippen molar-refractivity contribution in [1.82, 2.24) is 16.0 Å². The summed E-state index contributed by atoms with van der Waals surface area (Å²) in [5.41, 5.74) is 21.4. The number of amides is 4. The molecule has 0 aromatic rings. The lowest BCUT2D eigenvalue weighted by atomic mass is 10.0. The Morgan fingerprint density at radius 2 is 1.33 bits per heavy atom. The van der Waals surface area contributed by atoms with Gasteiger partial charge in [-0.1, -0.05) is 13.8 Å². The summed E-state index contributed by atoms with van der Waals surface area (Å²) in [5, 5.41) is 24.8. The zero-order valence-electron chi connectivity index (χ0n) is 20.2. The van der Waals surface area contributed by atoms with E-state index in [1.807, 2.05) is 0 Å². The first-order valence-corrected chi connectivity index (χ1v) is 11.1. The van der Waals surface area contributed by atoms with Crippen LogP contribution in [0.15, 0.2) is 4.99 Å². The number of nitrogens with zero attached hydrogens (tertiary/aromatic N) is 1. The van der Waals surface area contributed by atoms with Crippen molar-refractivity contribution in [3.8, 4) is 0 Å². The first-order chi connectivity index (χ1) is 16.6. The van der Waals surface area contributed by atoms with Crippen LogP contribution < -0.4 is 38.9 Å². The molecule has 0 heterocycles. The second-order valence-corrected chi connectivity index (χ2v) is 8.47. The molecule has 36 heavy (non-hydrogen) atoms. The molecular weight excluding hydrogens is 480 g/mol. The number of hydrogen-bond donors (Lipinski definition) is 9. The molecule has 0 bridgehead atoms. The summed E-state index contributed by atoms with van der Waals surface area (Å²) >= 11 is 0. The van der Waals surface area contributed by atoms with E-state index in [4.69, 9.17) is 33.1 Å². The standard InChI is InChI=1S/C20H36N8O8/c1-9(2)6-11(17(33)28-13(19(35)36)8-15(30)31)27-18(34)12(7-14(22)29)26-16(32)10(21)4-3-5-25-20(23)24/h9-13H,3-8,21H2,1-2H3,(H2,22,29)(H,26,32)(H,27,34)(H,28,33)(H,30,31)(H,35,36)(H4,23,24,25). The van der Waals surface area contributed by atoms with E-state index in [1.165, 1.54) is 0 Å². The number of carbonyl (C=O) groups is 6. The van der Waals surface area contributed by atoms with Gasteiger partial charge in [-0.05, 0) is 25.2 Å². The van der Waals surface area contributed by atoms with Gasteiger partial charge in [-0.25, -0.2) is 4.79 Å². The molecule has 0 spiro atoms. The minimum Gasteiger partial charge on any atom is -0.481 e. The molecule has 16 nitrogen and oxygen atoms in total. The van der Waals surface area contributed by atoms with E-state index in [0.717, 1.165) is 0 Å². The molecule has 0 aliphatic carbocycles. The van der Waals surface area contributed by atoms with Gasteiger partial charge in [-0.2, -0.15) is 0 Å². The van der Waals surface area contributed by atoms with Crippen LogP contribution in [0.2, 0.25) is 0 Å². The number of aliphatic imine (C=N–C) groups is 1. The third-order valence-corrected chi connectivity index (χ3v) is 4.68. The van der Waals surface area contributed by atoms with Gasteiger partial charge in [0.05, 0.1) is 18.9 Å². The highest BCUT2D eigenvalue weighted by atomic mass is 16.4. The molecule has 0 aliphatic heterocycles. The maximum atomic E-state index is 12.9. The van der Waals surface area contributed by atoms with Crippen molar-refractivity contribution >= 4 is 41.5 Å². The van der Waals surface area contributed by atoms with Crippen molar-refractivity contribution in [2.24, 2.45) is 33.8 Å². The van der Waals surface area contributed by atoms with Crippen molar-refractivity contribution in [3.63, 3.8) is 0 Å². The molecule has 0 radical (unpaired) electrons. The number of guanidine groups is 1. The van der Waals surface area contributed by atoms with Crippen molar-refractivity contribution < 1.29 is 39.0 Å². The zero-order chi connectivity index (χ0) is 28.0. The first kappa shape index (κ1) is 32.0. The topological polar surface area (TPSA) is 295 Å². The Kier molecular flexibility index (Phi) is 14.1. The minimum absolute atomic E-state index is 0.0402. The number of nitrogens with one attached hydrogen (secondary N) is 3. The predicted molar refractivity (Wildman–Crippen MR) is 127 cm³/mol. The lowest BCUT2D eigenvalue weighted by Gasteiger charge is -2.25. The Morgan fingerprint density at radius 3 is 1.81 bits per heavy atom. The van der Waals surface area contributed by atoms with Crippen LogP contribution in [0.4, 0.5) is 0 Å². The van der Waals surface area contributed by atoms with E-state index in [9.17, 15) is 28.8 Å². The number of carboxylic acids is 2. The van der Waals surface area contributed by atoms with Crippen molar-refractivity contribution in [3.05, 3.63) is 0 Å². The Balaban J connectivity index is 5.44. The Bertz CT molecular complexity index is 844. The molecule has 13 N–H and O–H groups in total. The third kappa shape index (κ3) is 13.7. The molecule has 0 fully saturated rings. The van der Waals surface area contributed by atoms with Crippen LogP contribution in [-0.2, 0) is 28.8 Å². The van der Waals surface area contributed by atoms with E-state index in [0.29, 0.717) is 6.42 Å². The van der Waals surface area contributed by atoms with Gasteiger partial charge in [0.1, 0.15) is 18.1 Å². The van der Waals surface area contributed by atoms with Crippen molar-refractivity contribution in [2.75, 3.05) is 6.54 Å². The fourth-order valence-corrected chi connectivity index (χ4v) is 2.96. The molecule has 0 aromatic heterocycles. The zero-order valence-corrected chi connectivity index (χ0v) is 20.2. The molecule has 0 saturated carbocycles. The maximum Gasteiger partial charge on any atom is 0.326 e. The fraction of sp³-hybridized carbons (Fsp3) is 0.650. The van der Waals surface area contributed by atoms with Crippen LogP contribution in [0.25, 0.3) is 0 Å².